The monoisotopic (exact) mass is 291 g/mol. The number of aryl methyl sites for hydroxylation is 2. The third kappa shape index (κ3) is 2.67. The summed E-state index contributed by atoms with van der Waals surface area (Å²) in [5, 5.41) is 17.7. The minimum absolute atomic E-state index is 0.0485. The summed E-state index contributed by atoms with van der Waals surface area (Å²) in [6.45, 7) is 1.62. The number of aliphatic hydroxyl groups excluding tert-OH is 1. The molecule has 3 rings (SSSR count). The highest BCUT2D eigenvalue weighted by atomic mass is 35.5. The molecule has 1 aliphatic rings. The van der Waals surface area contributed by atoms with Crippen molar-refractivity contribution in [2.45, 2.75) is 39.0 Å². The minimum Gasteiger partial charge on any atom is -0.392 e. The van der Waals surface area contributed by atoms with Crippen molar-refractivity contribution in [1.82, 2.24) is 9.78 Å². The number of hydrogen-bond acceptors (Lipinski definition) is 3. The third-order valence-corrected chi connectivity index (χ3v) is 4.12. The van der Waals surface area contributed by atoms with Crippen LogP contribution in [-0.4, -0.2) is 14.9 Å². The van der Waals surface area contributed by atoms with Gasteiger partial charge in [0, 0.05) is 12.2 Å². The fourth-order valence-electron chi connectivity index (χ4n) is 2.59. The molecule has 1 aliphatic heterocycles. The third-order valence-electron chi connectivity index (χ3n) is 3.68. The zero-order valence-corrected chi connectivity index (χ0v) is 12.0. The molecule has 2 aromatic rings. The van der Waals surface area contributed by atoms with Crippen LogP contribution in [0.5, 0.6) is 0 Å². The Morgan fingerprint density at radius 3 is 3.05 bits per heavy atom. The summed E-state index contributed by atoms with van der Waals surface area (Å²) in [4.78, 5) is 0. The average Bonchev–Trinajstić information content (AvgIpc) is 2.89. The molecule has 0 bridgehead atoms. The van der Waals surface area contributed by atoms with Crippen molar-refractivity contribution < 1.29 is 5.11 Å². The van der Waals surface area contributed by atoms with Crippen LogP contribution in [0.25, 0.3) is 0 Å². The summed E-state index contributed by atoms with van der Waals surface area (Å²) in [5.74, 6) is 0. The quantitative estimate of drug-likeness (QED) is 0.910. The van der Waals surface area contributed by atoms with Crippen LogP contribution in [0.1, 0.15) is 29.8 Å². The van der Waals surface area contributed by atoms with Gasteiger partial charge < -0.3 is 10.4 Å². The molecule has 106 valence electrons. The van der Waals surface area contributed by atoms with E-state index in [1.807, 2.05) is 18.2 Å². The average molecular weight is 292 g/mol. The number of hydrogen-bond donors (Lipinski definition) is 2. The molecule has 0 unspecified atom stereocenters. The zero-order valence-electron chi connectivity index (χ0n) is 11.3. The molecule has 0 radical (unpaired) electrons. The Hall–Kier alpha value is -1.52. The van der Waals surface area contributed by atoms with E-state index in [0.717, 1.165) is 29.9 Å². The largest absolute Gasteiger partial charge is 0.392 e. The van der Waals surface area contributed by atoms with Crippen LogP contribution < -0.4 is 5.32 Å². The summed E-state index contributed by atoms with van der Waals surface area (Å²) in [5.41, 5.74) is 3.93. The first kappa shape index (κ1) is 13.5. The van der Waals surface area contributed by atoms with Crippen molar-refractivity contribution in [3.63, 3.8) is 0 Å². The van der Waals surface area contributed by atoms with Crippen molar-refractivity contribution in [3.8, 4) is 0 Å². The van der Waals surface area contributed by atoms with Crippen molar-refractivity contribution in [1.29, 1.82) is 0 Å². The van der Waals surface area contributed by atoms with Crippen molar-refractivity contribution in [2.24, 2.45) is 0 Å². The van der Waals surface area contributed by atoms with Gasteiger partial charge in [0.25, 0.3) is 0 Å². The predicted molar refractivity (Wildman–Crippen MR) is 79.9 cm³/mol. The first-order valence-electron chi connectivity index (χ1n) is 6.95. The van der Waals surface area contributed by atoms with E-state index >= 15 is 0 Å². The van der Waals surface area contributed by atoms with E-state index in [2.05, 4.69) is 21.2 Å². The first-order chi connectivity index (χ1) is 9.78. The predicted octanol–water partition coefficient (Wildman–Crippen LogP) is 2.98. The van der Waals surface area contributed by atoms with Gasteiger partial charge in [-0.15, -0.1) is 0 Å². The summed E-state index contributed by atoms with van der Waals surface area (Å²) in [6.07, 6.45) is 3.59. The second-order valence-corrected chi connectivity index (χ2v) is 5.48. The Labute approximate surface area is 123 Å². The number of aromatic nitrogens is 2. The number of fused-ring (bicyclic) bond motifs is 1. The number of rotatable bonds is 4. The van der Waals surface area contributed by atoms with Crippen molar-refractivity contribution in [3.05, 3.63) is 46.2 Å². The first-order valence-corrected chi connectivity index (χ1v) is 7.33. The Balaban J connectivity index is 1.72. The van der Waals surface area contributed by atoms with Crippen LogP contribution in [-0.2, 0) is 26.1 Å². The van der Waals surface area contributed by atoms with Crippen LogP contribution in [0.15, 0.2) is 24.3 Å². The van der Waals surface area contributed by atoms with Crippen LogP contribution in [0.4, 0.5) is 5.69 Å². The van der Waals surface area contributed by atoms with Gasteiger partial charge in [-0.1, -0.05) is 23.7 Å². The van der Waals surface area contributed by atoms with Crippen molar-refractivity contribution >= 4 is 17.3 Å². The number of benzene rings is 1. The molecule has 1 aromatic heterocycles. The van der Waals surface area contributed by atoms with Gasteiger partial charge in [-0.2, -0.15) is 5.10 Å². The summed E-state index contributed by atoms with van der Waals surface area (Å²) in [6, 6.07) is 7.79. The molecular weight excluding hydrogens is 274 g/mol. The summed E-state index contributed by atoms with van der Waals surface area (Å²) >= 11 is 6.23. The highest BCUT2D eigenvalue weighted by Crippen LogP contribution is 2.26. The van der Waals surface area contributed by atoms with Crippen LogP contribution >= 0.6 is 11.6 Å². The zero-order chi connectivity index (χ0) is 13.9. The van der Waals surface area contributed by atoms with E-state index in [4.69, 9.17) is 11.6 Å². The van der Waals surface area contributed by atoms with Gasteiger partial charge in [-0.25, -0.2) is 0 Å². The van der Waals surface area contributed by atoms with Gasteiger partial charge in [-0.05, 0) is 37.0 Å². The van der Waals surface area contributed by atoms with Gasteiger partial charge in [-0.3, -0.25) is 4.68 Å². The highest BCUT2D eigenvalue weighted by Gasteiger charge is 2.12. The molecule has 4 nitrogen and oxygen atoms in total. The molecule has 0 saturated heterocycles. The Bertz CT molecular complexity index is 586. The van der Waals surface area contributed by atoms with Gasteiger partial charge in [0.1, 0.15) is 0 Å². The number of anilines is 1. The lowest BCUT2D eigenvalue weighted by Crippen LogP contribution is -2.11. The van der Waals surface area contributed by atoms with E-state index < -0.39 is 0 Å². The van der Waals surface area contributed by atoms with E-state index in [1.165, 1.54) is 18.5 Å². The fraction of sp³-hybridized carbons (Fsp3) is 0.400. The molecular formula is C15H18ClN3O. The van der Waals surface area contributed by atoms with E-state index in [-0.39, 0.29) is 6.61 Å². The molecule has 0 amide bonds. The lowest BCUT2D eigenvalue weighted by Gasteiger charge is -2.11. The molecule has 0 atom stereocenters. The number of nitrogens with one attached hydrogen (secondary N) is 1. The van der Waals surface area contributed by atoms with E-state index in [0.29, 0.717) is 11.6 Å². The molecule has 2 heterocycles. The maximum Gasteiger partial charge on any atom is 0.0818 e. The van der Waals surface area contributed by atoms with Gasteiger partial charge in [0.2, 0.25) is 0 Å². The summed E-state index contributed by atoms with van der Waals surface area (Å²) in [7, 11) is 0. The molecule has 0 saturated carbocycles. The summed E-state index contributed by atoms with van der Waals surface area (Å²) < 4.78 is 2.10. The van der Waals surface area contributed by atoms with Crippen LogP contribution in [0, 0.1) is 0 Å². The molecule has 0 aliphatic carbocycles. The maximum atomic E-state index is 9.21. The minimum atomic E-state index is -0.0485. The van der Waals surface area contributed by atoms with Crippen LogP contribution in [0.3, 0.4) is 0 Å². The maximum absolute atomic E-state index is 9.21. The highest BCUT2D eigenvalue weighted by molar-refractivity contribution is 6.34. The smallest absolute Gasteiger partial charge is 0.0818 e. The van der Waals surface area contributed by atoms with Gasteiger partial charge in [0.05, 0.1) is 29.6 Å². The second-order valence-electron chi connectivity index (χ2n) is 5.10. The second kappa shape index (κ2) is 5.85. The fourth-order valence-corrected chi connectivity index (χ4v) is 2.84. The van der Waals surface area contributed by atoms with E-state index in [1.54, 1.807) is 0 Å². The van der Waals surface area contributed by atoms with Crippen LogP contribution in [0.2, 0.25) is 5.02 Å². The molecule has 0 spiro atoms. The molecule has 20 heavy (non-hydrogen) atoms. The molecule has 5 heteroatoms. The Kier molecular flexibility index (Phi) is 3.94. The molecule has 0 fully saturated rings. The lowest BCUT2D eigenvalue weighted by molar-refractivity contribution is 0.282. The van der Waals surface area contributed by atoms with Gasteiger partial charge in [0.15, 0.2) is 0 Å². The number of aliphatic hydroxyl groups is 1. The SMILES string of the molecule is OCc1cccc(NCc2cc3n(n2)CCCC3)c1Cl. The van der Waals surface area contributed by atoms with Crippen molar-refractivity contribution in [2.75, 3.05) is 5.32 Å². The standard InChI is InChI=1S/C15H18ClN3O/c16-15-11(10-20)4-3-6-14(15)17-9-12-8-13-5-1-2-7-19(13)18-12/h3-4,6,8,17,20H,1-2,5,7,9-10H2. The topological polar surface area (TPSA) is 50.1 Å². The molecule has 2 N–H and O–H groups in total. The number of nitrogens with zero attached hydrogens (tertiary/aromatic N) is 2. The Morgan fingerprint density at radius 2 is 2.25 bits per heavy atom. The van der Waals surface area contributed by atoms with E-state index in [9.17, 15) is 5.11 Å². The lowest BCUT2D eigenvalue weighted by atomic mass is 10.1. The van der Waals surface area contributed by atoms with Gasteiger partial charge >= 0.3 is 0 Å². The Morgan fingerprint density at radius 1 is 1.35 bits per heavy atom. The molecule has 1 aromatic carbocycles. The normalized spacial score (nSPS) is 14.1. The number of halogens is 1.